The molecule has 0 saturated carbocycles. The van der Waals surface area contributed by atoms with Crippen molar-refractivity contribution in [3.63, 3.8) is 0 Å². The average molecular weight is 303 g/mol. The van der Waals surface area contributed by atoms with E-state index in [0.717, 1.165) is 17.2 Å². The van der Waals surface area contributed by atoms with Gasteiger partial charge >= 0.3 is 0 Å². The Morgan fingerprint density at radius 3 is 3.11 bits per heavy atom. The summed E-state index contributed by atoms with van der Waals surface area (Å²) in [6.45, 7) is 2.64. The van der Waals surface area contributed by atoms with Gasteiger partial charge in [-0.05, 0) is 6.92 Å². The number of nitrogen functional groups attached to an aromatic ring is 1. The highest BCUT2D eigenvalue weighted by molar-refractivity contribution is 7.98. The van der Waals surface area contributed by atoms with Crippen LogP contribution in [-0.4, -0.2) is 30.6 Å². The predicted molar refractivity (Wildman–Crippen MR) is 75.1 cm³/mol. The Hall–Kier alpha value is -0.900. The van der Waals surface area contributed by atoms with Gasteiger partial charge in [-0.2, -0.15) is 11.8 Å². The molecule has 98 valence electrons. The van der Waals surface area contributed by atoms with Gasteiger partial charge in [-0.15, -0.1) is 15.7 Å². The predicted octanol–water partition coefficient (Wildman–Crippen LogP) is 1.32. The summed E-state index contributed by atoms with van der Waals surface area (Å²) in [4.78, 5) is 9.72. The van der Waals surface area contributed by atoms with Gasteiger partial charge in [0.1, 0.15) is 0 Å². The van der Waals surface area contributed by atoms with E-state index in [0.29, 0.717) is 12.0 Å². The number of nitrogens with two attached hydrogens (primary N) is 1. The number of anilines is 1. The van der Waals surface area contributed by atoms with Crippen molar-refractivity contribution in [1.29, 1.82) is 0 Å². The van der Waals surface area contributed by atoms with Crippen molar-refractivity contribution in [3.05, 3.63) is 21.6 Å². The van der Waals surface area contributed by atoms with Crippen LogP contribution in [0.4, 0.5) is 5.82 Å². The molecule has 3 N–H and O–H groups in total. The summed E-state index contributed by atoms with van der Waals surface area (Å²) in [5.41, 5.74) is 8.93. The number of nitrogens with one attached hydrogen (secondary N) is 1. The van der Waals surface area contributed by atoms with E-state index in [-0.39, 0.29) is 5.82 Å². The summed E-state index contributed by atoms with van der Waals surface area (Å²) in [5.74, 6) is 2.05. The Morgan fingerprint density at radius 2 is 2.50 bits per heavy atom. The largest absolute Gasteiger partial charge is 0.548 e. The number of aryl methyl sites for hydroxylation is 1. The number of hydrogen-bond acceptors (Lipinski definition) is 7. The van der Waals surface area contributed by atoms with Crippen LogP contribution in [0.1, 0.15) is 10.6 Å². The second-order valence-corrected chi connectivity index (χ2v) is 6.40. The zero-order valence-electron chi connectivity index (χ0n) is 9.75. The van der Waals surface area contributed by atoms with E-state index in [1.807, 2.05) is 12.4 Å². The molecule has 18 heavy (non-hydrogen) atoms. The van der Waals surface area contributed by atoms with Gasteiger partial charge in [-0.1, -0.05) is 0 Å². The fourth-order valence-electron chi connectivity index (χ4n) is 1.26. The molecule has 0 aromatic carbocycles. The van der Waals surface area contributed by atoms with Crippen LogP contribution in [-0.2, 0) is 5.75 Å². The maximum Gasteiger partial charge on any atom is 0.229 e. The van der Waals surface area contributed by atoms with E-state index in [2.05, 4.69) is 18.7 Å². The zero-order valence-corrected chi connectivity index (χ0v) is 12.2. The van der Waals surface area contributed by atoms with Gasteiger partial charge in [0.05, 0.1) is 17.7 Å². The van der Waals surface area contributed by atoms with E-state index >= 15 is 0 Å². The summed E-state index contributed by atoms with van der Waals surface area (Å²) >= 11 is 2.01. The molecular formula is C9H13N5OS3. The monoisotopic (exact) mass is 303 g/mol. The van der Waals surface area contributed by atoms with Crippen molar-refractivity contribution in [1.82, 2.24) is 13.7 Å². The van der Waals surface area contributed by atoms with E-state index in [4.69, 9.17) is 5.73 Å². The van der Waals surface area contributed by atoms with Gasteiger partial charge in [0, 0.05) is 20.8 Å². The molecule has 0 radical (unpaired) electrons. The maximum absolute atomic E-state index is 11.0. The Kier molecular flexibility index (Phi) is 4.75. The molecule has 0 fully saturated rings. The SMILES string of the molecule is Cc1ncsc1CSCCN=c1[nH][s+]([O-])nc1N. The highest BCUT2D eigenvalue weighted by atomic mass is 32.2. The average Bonchev–Trinajstić information content (AvgIpc) is 2.86. The van der Waals surface area contributed by atoms with Gasteiger partial charge in [-0.3, -0.25) is 4.99 Å². The molecule has 0 spiro atoms. The van der Waals surface area contributed by atoms with Crippen molar-refractivity contribution in [2.24, 2.45) is 4.99 Å². The first-order valence-corrected chi connectivity index (χ1v) is 8.35. The number of H-pyrrole nitrogens is 1. The summed E-state index contributed by atoms with van der Waals surface area (Å²) < 4.78 is 17.2. The molecule has 0 amide bonds. The summed E-state index contributed by atoms with van der Waals surface area (Å²) in [6, 6.07) is 0. The fraction of sp³-hybridized carbons (Fsp3) is 0.444. The standard InChI is InChI=1S/C9H13N5OS3/c1-6-7(17-5-12-6)4-16-3-2-11-9-8(10)13-18(15)14-9/h5H,2-4H2,1H3,(H2,10,13)(H,11,14). The summed E-state index contributed by atoms with van der Waals surface area (Å²) in [6.07, 6.45) is 0. The number of aromatic amines is 1. The highest BCUT2D eigenvalue weighted by Gasteiger charge is 2.03. The molecule has 0 aliphatic carbocycles. The van der Waals surface area contributed by atoms with E-state index in [1.165, 1.54) is 4.88 Å². The van der Waals surface area contributed by atoms with Crippen LogP contribution in [0.2, 0.25) is 0 Å². The molecule has 1 atom stereocenters. The Labute approximate surface area is 115 Å². The van der Waals surface area contributed by atoms with Gasteiger partial charge in [-0.25, -0.2) is 4.98 Å². The molecule has 0 aliphatic rings. The van der Waals surface area contributed by atoms with E-state index < -0.39 is 11.1 Å². The van der Waals surface area contributed by atoms with Crippen molar-refractivity contribution in [3.8, 4) is 0 Å². The molecule has 9 heteroatoms. The second-order valence-electron chi connectivity index (χ2n) is 3.47. The summed E-state index contributed by atoms with van der Waals surface area (Å²) in [7, 11) is 0. The number of rotatable bonds is 5. The lowest BCUT2D eigenvalue weighted by atomic mass is 10.4. The minimum absolute atomic E-state index is 0.219. The van der Waals surface area contributed by atoms with Gasteiger partial charge in [0.15, 0.2) is 11.1 Å². The van der Waals surface area contributed by atoms with Crippen molar-refractivity contribution >= 4 is 40.1 Å². The molecular weight excluding hydrogens is 290 g/mol. The fourth-order valence-corrected chi connectivity index (χ4v) is 3.74. The Morgan fingerprint density at radius 1 is 1.67 bits per heavy atom. The molecule has 2 aromatic heterocycles. The molecule has 2 heterocycles. The Bertz CT molecular complexity index is 573. The van der Waals surface area contributed by atoms with Crippen LogP contribution in [0.3, 0.4) is 0 Å². The van der Waals surface area contributed by atoms with Crippen LogP contribution < -0.4 is 11.2 Å². The lowest BCUT2D eigenvalue weighted by Gasteiger charge is -1.97. The number of nitrogens with zero attached hydrogens (tertiary/aromatic N) is 3. The summed E-state index contributed by atoms with van der Waals surface area (Å²) in [5, 5.41) is 0. The Balaban J connectivity index is 1.78. The van der Waals surface area contributed by atoms with Crippen molar-refractivity contribution < 1.29 is 4.55 Å². The molecule has 0 saturated heterocycles. The first kappa shape index (κ1) is 13.5. The van der Waals surface area contributed by atoms with Gasteiger partial charge in [0.25, 0.3) is 0 Å². The van der Waals surface area contributed by atoms with Crippen molar-refractivity contribution in [2.45, 2.75) is 12.7 Å². The third kappa shape index (κ3) is 3.55. The van der Waals surface area contributed by atoms with Crippen molar-refractivity contribution in [2.75, 3.05) is 18.0 Å². The van der Waals surface area contributed by atoms with E-state index in [1.54, 1.807) is 23.1 Å². The van der Waals surface area contributed by atoms with Gasteiger partial charge in [0.2, 0.25) is 11.3 Å². The van der Waals surface area contributed by atoms with Crippen LogP contribution in [0.15, 0.2) is 10.5 Å². The third-order valence-electron chi connectivity index (χ3n) is 2.19. The normalized spacial score (nSPS) is 13.2. The lowest BCUT2D eigenvalue weighted by Crippen LogP contribution is -2.09. The molecule has 2 aromatic rings. The molecule has 2 rings (SSSR count). The number of thiazole rings is 1. The number of thioether (sulfide) groups is 1. The van der Waals surface area contributed by atoms with Crippen LogP contribution in [0.5, 0.6) is 0 Å². The molecule has 0 aliphatic heterocycles. The quantitative estimate of drug-likeness (QED) is 0.640. The van der Waals surface area contributed by atoms with Crippen LogP contribution in [0, 0.1) is 6.92 Å². The first-order valence-electron chi connectivity index (χ1n) is 5.21. The van der Waals surface area contributed by atoms with Crippen LogP contribution in [0.25, 0.3) is 0 Å². The zero-order chi connectivity index (χ0) is 13.0. The number of hydrogen-bond donors (Lipinski definition) is 2. The molecule has 6 nitrogen and oxygen atoms in total. The third-order valence-corrected chi connectivity index (χ3v) is 5.00. The van der Waals surface area contributed by atoms with Gasteiger partial charge < -0.3 is 10.3 Å². The molecule has 0 bridgehead atoms. The maximum atomic E-state index is 11.0. The first-order chi connectivity index (χ1) is 8.66. The van der Waals surface area contributed by atoms with Crippen LogP contribution >= 0.6 is 34.2 Å². The minimum Gasteiger partial charge on any atom is -0.548 e. The van der Waals surface area contributed by atoms with E-state index in [9.17, 15) is 4.55 Å². The minimum atomic E-state index is -1.45. The lowest BCUT2D eigenvalue weighted by molar-refractivity contribution is 0.584. The number of aromatic nitrogens is 3. The topological polar surface area (TPSA) is 103 Å². The molecule has 1 unspecified atom stereocenters. The smallest absolute Gasteiger partial charge is 0.229 e. The highest BCUT2D eigenvalue weighted by Crippen LogP contribution is 2.19. The second kappa shape index (κ2) is 6.32.